The van der Waals surface area contributed by atoms with Crippen LogP contribution < -0.4 is 5.32 Å². The Kier molecular flexibility index (Phi) is 5.11. The molecule has 1 atom stereocenters. The summed E-state index contributed by atoms with van der Waals surface area (Å²) >= 11 is 0. The molecule has 0 saturated heterocycles. The number of aromatic nitrogens is 2. The fraction of sp³-hybridized carbons (Fsp3) is 0.714. The molecule has 0 fully saturated rings. The number of nitrogens with one attached hydrogen (secondary N) is 1. The van der Waals surface area contributed by atoms with Crippen LogP contribution in [0.2, 0.25) is 0 Å². The second-order valence-corrected chi connectivity index (χ2v) is 5.22. The predicted molar refractivity (Wildman–Crippen MR) is 75.4 cm³/mol. The highest BCUT2D eigenvalue weighted by Crippen LogP contribution is 2.17. The Labute approximate surface area is 115 Å². The smallest absolute Gasteiger partial charge is 0.325 e. The van der Waals surface area contributed by atoms with Gasteiger partial charge in [-0.05, 0) is 45.7 Å². The third-order valence-corrected chi connectivity index (χ3v) is 3.59. The largest absolute Gasteiger partial charge is 0.480 e. The zero-order valence-electron chi connectivity index (χ0n) is 12.6. The Balaban J connectivity index is 3.00. The molecular formula is C14H25N3O2. The average molecular weight is 267 g/mol. The van der Waals surface area contributed by atoms with E-state index in [1.165, 1.54) is 5.56 Å². The minimum atomic E-state index is -0.982. The van der Waals surface area contributed by atoms with Crippen LogP contribution in [0.5, 0.6) is 0 Å². The van der Waals surface area contributed by atoms with Crippen LogP contribution in [0.4, 0.5) is 0 Å². The van der Waals surface area contributed by atoms with Crippen LogP contribution >= 0.6 is 0 Å². The van der Waals surface area contributed by atoms with Crippen LogP contribution in [0.3, 0.4) is 0 Å². The quantitative estimate of drug-likeness (QED) is 0.792. The molecule has 0 aromatic carbocycles. The molecule has 1 heterocycles. The summed E-state index contributed by atoms with van der Waals surface area (Å²) in [5.41, 5.74) is 2.28. The normalized spacial score (nSPS) is 14.4. The maximum absolute atomic E-state index is 11.5. The highest BCUT2D eigenvalue weighted by molar-refractivity contribution is 5.78. The van der Waals surface area contributed by atoms with E-state index in [0.717, 1.165) is 24.2 Å². The molecule has 1 aromatic rings. The van der Waals surface area contributed by atoms with E-state index in [-0.39, 0.29) is 0 Å². The molecule has 0 aliphatic heterocycles. The second kappa shape index (κ2) is 6.19. The number of carboxylic acids is 1. The lowest BCUT2D eigenvalue weighted by molar-refractivity contribution is -0.144. The molecule has 1 rings (SSSR count). The van der Waals surface area contributed by atoms with E-state index < -0.39 is 11.5 Å². The van der Waals surface area contributed by atoms with E-state index in [1.807, 2.05) is 25.5 Å². The van der Waals surface area contributed by atoms with Gasteiger partial charge >= 0.3 is 5.97 Å². The molecule has 0 aliphatic carbocycles. The lowest BCUT2D eigenvalue weighted by Crippen LogP contribution is -2.53. The number of carboxylic acid groups (broad SMARTS) is 1. The molecule has 1 aromatic heterocycles. The van der Waals surface area contributed by atoms with Gasteiger partial charge in [0.05, 0.1) is 12.2 Å². The van der Waals surface area contributed by atoms with Gasteiger partial charge in [0.25, 0.3) is 0 Å². The number of aliphatic carboxylic acids is 1. The van der Waals surface area contributed by atoms with E-state index in [0.29, 0.717) is 13.1 Å². The Morgan fingerprint density at radius 1 is 1.42 bits per heavy atom. The summed E-state index contributed by atoms with van der Waals surface area (Å²) in [6.45, 7) is 10.8. The number of hydrogen-bond donors (Lipinski definition) is 2. The van der Waals surface area contributed by atoms with Crippen molar-refractivity contribution < 1.29 is 9.90 Å². The van der Waals surface area contributed by atoms with Crippen LogP contribution in [0, 0.1) is 13.8 Å². The lowest BCUT2D eigenvalue weighted by atomic mass is 10.0. The van der Waals surface area contributed by atoms with E-state index in [9.17, 15) is 9.90 Å². The van der Waals surface area contributed by atoms with E-state index in [2.05, 4.69) is 17.3 Å². The minimum Gasteiger partial charge on any atom is -0.480 e. The molecule has 19 heavy (non-hydrogen) atoms. The van der Waals surface area contributed by atoms with Gasteiger partial charge in [0.1, 0.15) is 5.54 Å². The number of rotatable bonds is 7. The van der Waals surface area contributed by atoms with Crippen molar-refractivity contribution in [2.24, 2.45) is 0 Å². The standard InChI is InChI=1S/C14H25N3O2/c1-6-8-15-14(5,13(18)19)9-17-11(4)12(7-2)10(3)16-17/h15H,6-9H2,1-5H3,(H,18,19). The van der Waals surface area contributed by atoms with Gasteiger partial charge in [-0.2, -0.15) is 5.10 Å². The molecule has 1 unspecified atom stereocenters. The van der Waals surface area contributed by atoms with Crippen molar-refractivity contribution in [1.29, 1.82) is 0 Å². The lowest BCUT2D eigenvalue weighted by Gasteiger charge is -2.26. The summed E-state index contributed by atoms with van der Waals surface area (Å²) in [6.07, 6.45) is 1.82. The summed E-state index contributed by atoms with van der Waals surface area (Å²) < 4.78 is 1.81. The molecule has 0 spiro atoms. The molecule has 5 heteroatoms. The molecule has 0 aliphatic rings. The van der Waals surface area contributed by atoms with Gasteiger partial charge in [-0.3, -0.25) is 9.48 Å². The average Bonchev–Trinajstić information content (AvgIpc) is 2.61. The van der Waals surface area contributed by atoms with Gasteiger partial charge < -0.3 is 10.4 Å². The third kappa shape index (κ3) is 3.35. The van der Waals surface area contributed by atoms with Gasteiger partial charge in [0.15, 0.2) is 0 Å². The molecule has 5 nitrogen and oxygen atoms in total. The fourth-order valence-corrected chi connectivity index (χ4v) is 2.30. The Morgan fingerprint density at radius 2 is 2.05 bits per heavy atom. The second-order valence-electron chi connectivity index (χ2n) is 5.22. The first kappa shape index (κ1) is 15.7. The molecule has 0 radical (unpaired) electrons. The first-order chi connectivity index (χ1) is 8.85. The van der Waals surface area contributed by atoms with Gasteiger partial charge in [0, 0.05) is 5.69 Å². The van der Waals surface area contributed by atoms with Gasteiger partial charge in [-0.15, -0.1) is 0 Å². The van der Waals surface area contributed by atoms with Crippen molar-refractivity contribution in [3.8, 4) is 0 Å². The van der Waals surface area contributed by atoms with Crippen LogP contribution in [0.15, 0.2) is 0 Å². The SMILES string of the molecule is CCCNC(C)(Cn1nc(C)c(CC)c1C)C(=O)O. The zero-order valence-corrected chi connectivity index (χ0v) is 12.6. The van der Waals surface area contributed by atoms with Crippen LogP contribution in [0.1, 0.15) is 44.1 Å². The summed E-state index contributed by atoms with van der Waals surface area (Å²) in [5, 5.41) is 17.0. The van der Waals surface area contributed by atoms with E-state index in [4.69, 9.17) is 0 Å². The van der Waals surface area contributed by atoms with Crippen LogP contribution in [-0.4, -0.2) is 32.9 Å². The Bertz CT molecular complexity index is 454. The van der Waals surface area contributed by atoms with Crippen molar-refractivity contribution in [2.45, 2.75) is 59.5 Å². The summed E-state index contributed by atoms with van der Waals surface area (Å²) in [7, 11) is 0. The fourth-order valence-electron chi connectivity index (χ4n) is 2.30. The van der Waals surface area contributed by atoms with Crippen molar-refractivity contribution in [3.05, 3.63) is 17.0 Å². The summed E-state index contributed by atoms with van der Waals surface area (Å²) in [4.78, 5) is 11.5. The van der Waals surface area contributed by atoms with Crippen LogP contribution in [0.25, 0.3) is 0 Å². The Morgan fingerprint density at radius 3 is 2.47 bits per heavy atom. The first-order valence-corrected chi connectivity index (χ1v) is 6.87. The monoisotopic (exact) mass is 267 g/mol. The van der Waals surface area contributed by atoms with Gasteiger partial charge in [-0.1, -0.05) is 13.8 Å². The topological polar surface area (TPSA) is 67.2 Å². The molecule has 108 valence electrons. The summed E-state index contributed by atoms with van der Waals surface area (Å²) in [5.74, 6) is -0.841. The maximum atomic E-state index is 11.5. The zero-order chi connectivity index (χ0) is 14.6. The van der Waals surface area contributed by atoms with Gasteiger partial charge in [-0.25, -0.2) is 0 Å². The van der Waals surface area contributed by atoms with Crippen molar-refractivity contribution in [1.82, 2.24) is 15.1 Å². The third-order valence-electron chi connectivity index (χ3n) is 3.59. The van der Waals surface area contributed by atoms with Crippen LogP contribution in [-0.2, 0) is 17.8 Å². The molecule has 0 bridgehead atoms. The minimum absolute atomic E-state index is 0.342. The highest BCUT2D eigenvalue weighted by atomic mass is 16.4. The number of aryl methyl sites for hydroxylation is 1. The van der Waals surface area contributed by atoms with Crippen molar-refractivity contribution in [3.63, 3.8) is 0 Å². The van der Waals surface area contributed by atoms with E-state index in [1.54, 1.807) is 6.92 Å². The molecular weight excluding hydrogens is 242 g/mol. The van der Waals surface area contributed by atoms with Crippen molar-refractivity contribution in [2.75, 3.05) is 6.54 Å². The van der Waals surface area contributed by atoms with Crippen molar-refractivity contribution >= 4 is 5.97 Å². The first-order valence-electron chi connectivity index (χ1n) is 6.87. The number of hydrogen-bond acceptors (Lipinski definition) is 3. The maximum Gasteiger partial charge on any atom is 0.325 e. The highest BCUT2D eigenvalue weighted by Gasteiger charge is 2.34. The number of nitrogens with zero attached hydrogens (tertiary/aromatic N) is 2. The van der Waals surface area contributed by atoms with E-state index >= 15 is 0 Å². The Hall–Kier alpha value is -1.36. The van der Waals surface area contributed by atoms with Gasteiger partial charge in [0.2, 0.25) is 0 Å². The molecule has 2 N–H and O–H groups in total. The predicted octanol–water partition coefficient (Wildman–Crippen LogP) is 1.91. The summed E-state index contributed by atoms with van der Waals surface area (Å²) in [6, 6.07) is 0. The molecule has 0 amide bonds. The number of carbonyl (C=O) groups is 1. The molecule has 0 saturated carbocycles.